The van der Waals surface area contributed by atoms with Crippen molar-refractivity contribution >= 4 is 44.8 Å². The zero-order valence-electron chi connectivity index (χ0n) is 9.45. The summed E-state index contributed by atoms with van der Waals surface area (Å²) in [6.45, 7) is 1.51. The minimum Gasteiger partial charge on any atom is -0.396 e. The second-order valence-electron chi connectivity index (χ2n) is 3.73. The average molecular weight is 333 g/mol. The van der Waals surface area contributed by atoms with Gasteiger partial charge in [0.1, 0.15) is 4.90 Å². The Morgan fingerprint density at radius 1 is 1.28 bits per heavy atom. The average Bonchev–Trinajstić information content (AvgIpc) is 2.13. The Balaban J connectivity index is 3.13. The zero-order valence-corrected chi connectivity index (χ0v) is 12.5. The van der Waals surface area contributed by atoms with Crippen molar-refractivity contribution in [2.45, 2.75) is 24.3 Å². The monoisotopic (exact) mass is 331 g/mol. The van der Waals surface area contributed by atoms with E-state index in [0.717, 1.165) is 0 Å². The summed E-state index contributed by atoms with van der Waals surface area (Å²) in [5.41, 5.74) is 0. The lowest BCUT2D eigenvalue weighted by molar-refractivity contribution is 0.275. The summed E-state index contributed by atoms with van der Waals surface area (Å²) in [6.07, 6.45) is 0.294. The van der Waals surface area contributed by atoms with Crippen molar-refractivity contribution in [3.05, 3.63) is 27.2 Å². The maximum absolute atomic E-state index is 12.1. The van der Waals surface area contributed by atoms with Crippen molar-refractivity contribution < 1.29 is 13.5 Å². The van der Waals surface area contributed by atoms with Crippen LogP contribution < -0.4 is 4.72 Å². The molecule has 1 aromatic rings. The number of halogens is 3. The van der Waals surface area contributed by atoms with Gasteiger partial charge in [-0.3, -0.25) is 0 Å². The van der Waals surface area contributed by atoms with Crippen LogP contribution in [0.5, 0.6) is 0 Å². The predicted molar refractivity (Wildman–Crippen MR) is 73.0 cm³/mol. The van der Waals surface area contributed by atoms with Crippen molar-refractivity contribution in [1.82, 2.24) is 4.72 Å². The Kier molecular flexibility index (Phi) is 5.70. The highest BCUT2D eigenvalue weighted by Crippen LogP contribution is 2.32. The van der Waals surface area contributed by atoms with E-state index >= 15 is 0 Å². The number of hydrogen-bond acceptors (Lipinski definition) is 3. The van der Waals surface area contributed by atoms with E-state index in [1.165, 1.54) is 12.1 Å². The Bertz CT molecular complexity index is 510. The quantitative estimate of drug-likeness (QED) is 0.871. The molecule has 0 bridgehead atoms. The molecule has 0 amide bonds. The van der Waals surface area contributed by atoms with Crippen LogP contribution in [-0.4, -0.2) is 26.2 Å². The van der Waals surface area contributed by atoms with Crippen molar-refractivity contribution in [2.24, 2.45) is 0 Å². The molecule has 1 atom stereocenters. The van der Waals surface area contributed by atoms with Gasteiger partial charge in [-0.15, -0.1) is 0 Å². The molecule has 18 heavy (non-hydrogen) atoms. The molecule has 0 heterocycles. The summed E-state index contributed by atoms with van der Waals surface area (Å²) in [4.78, 5) is -0.208. The van der Waals surface area contributed by atoms with E-state index < -0.39 is 16.1 Å². The first-order valence-corrected chi connectivity index (χ1v) is 7.67. The molecule has 0 aromatic heterocycles. The second kappa shape index (κ2) is 6.41. The van der Waals surface area contributed by atoms with E-state index in [9.17, 15) is 8.42 Å². The molecule has 0 aliphatic rings. The topological polar surface area (TPSA) is 66.4 Å². The van der Waals surface area contributed by atoms with Crippen LogP contribution in [0.25, 0.3) is 0 Å². The SMILES string of the molecule is CC(CCO)NS(=O)(=O)c1c(Cl)cc(Cl)cc1Cl. The Hall–Kier alpha value is -0.0400. The van der Waals surface area contributed by atoms with Crippen LogP contribution in [0.4, 0.5) is 0 Å². The molecule has 0 spiro atoms. The van der Waals surface area contributed by atoms with E-state index in [-0.39, 0.29) is 26.6 Å². The smallest absolute Gasteiger partial charge is 0.243 e. The molecule has 4 nitrogen and oxygen atoms in total. The highest BCUT2D eigenvalue weighted by Gasteiger charge is 2.24. The minimum absolute atomic E-state index is 0.0452. The van der Waals surface area contributed by atoms with Gasteiger partial charge >= 0.3 is 0 Å². The summed E-state index contributed by atoms with van der Waals surface area (Å²) >= 11 is 17.4. The zero-order chi connectivity index (χ0) is 13.9. The van der Waals surface area contributed by atoms with Gasteiger partial charge in [0.15, 0.2) is 0 Å². The van der Waals surface area contributed by atoms with Crippen LogP contribution in [0.15, 0.2) is 17.0 Å². The highest BCUT2D eigenvalue weighted by atomic mass is 35.5. The van der Waals surface area contributed by atoms with E-state index in [4.69, 9.17) is 39.9 Å². The molecule has 1 rings (SSSR count). The lowest BCUT2D eigenvalue weighted by Gasteiger charge is -2.15. The Morgan fingerprint density at radius 2 is 1.78 bits per heavy atom. The molecule has 0 fully saturated rings. The fourth-order valence-electron chi connectivity index (χ4n) is 1.36. The lowest BCUT2D eigenvalue weighted by Crippen LogP contribution is -2.33. The van der Waals surface area contributed by atoms with Gasteiger partial charge in [0.05, 0.1) is 10.0 Å². The first-order chi connectivity index (χ1) is 8.27. The Labute approximate surface area is 121 Å². The number of aliphatic hydroxyl groups is 1. The predicted octanol–water partition coefficient (Wildman–Crippen LogP) is 2.70. The van der Waals surface area contributed by atoms with Crippen LogP contribution in [0.1, 0.15) is 13.3 Å². The first-order valence-electron chi connectivity index (χ1n) is 5.05. The molecule has 0 radical (unpaired) electrons. The number of rotatable bonds is 5. The van der Waals surface area contributed by atoms with Gasteiger partial charge in [-0.2, -0.15) is 0 Å². The summed E-state index contributed by atoms with van der Waals surface area (Å²) in [7, 11) is -3.84. The number of sulfonamides is 1. The van der Waals surface area contributed by atoms with Crippen LogP contribution in [0, 0.1) is 0 Å². The maximum atomic E-state index is 12.1. The third-order valence-corrected chi connectivity index (χ3v) is 4.88. The van der Waals surface area contributed by atoms with Gasteiger partial charge in [0.2, 0.25) is 10.0 Å². The van der Waals surface area contributed by atoms with Crippen LogP contribution in [0.2, 0.25) is 15.1 Å². The standard InChI is InChI=1S/C10H12Cl3NO3S/c1-6(2-3-15)14-18(16,17)10-8(12)4-7(11)5-9(10)13/h4-6,14-15H,2-3H2,1H3. The minimum atomic E-state index is -3.84. The van der Waals surface area contributed by atoms with E-state index in [1.54, 1.807) is 6.92 Å². The van der Waals surface area contributed by atoms with E-state index in [0.29, 0.717) is 6.42 Å². The van der Waals surface area contributed by atoms with Gasteiger partial charge in [-0.1, -0.05) is 34.8 Å². The largest absolute Gasteiger partial charge is 0.396 e. The highest BCUT2D eigenvalue weighted by molar-refractivity contribution is 7.89. The molecule has 0 saturated carbocycles. The third kappa shape index (κ3) is 3.98. The molecule has 102 valence electrons. The molecular formula is C10H12Cl3NO3S. The molecular weight excluding hydrogens is 321 g/mol. The number of nitrogens with one attached hydrogen (secondary N) is 1. The van der Waals surface area contributed by atoms with Crippen molar-refractivity contribution in [1.29, 1.82) is 0 Å². The van der Waals surface area contributed by atoms with Gasteiger partial charge in [-0.25, -0.2) is 13.1 Å². The summed E-state index contributed by atoms with van der Waals surface area (Å²) in [5, 5.41) is 8.91. The number of hydrogen-bond donors (Lipinski definition) is 2. The van der Waals surface area contributed by atoms with Gasteiger partial charge in [0.25, 0.3) is 0 Å². The maximum Gasteiger partial charge on any atom is 0.243 e. The van der Waals surface area contributed by atoms with Crippen molar-refractivity contribution in [3.63, 3.8) is 0 Å². The van der Waals surface area contributed by atoms with Crippen LogP contribution >= 0.6 is 34.8 Å². The summed E-state index contributed by atoms with van der Waals surface area (Å²) < 4.78 is 26.5. The molecule has 8 heteroatoms. The first kappa shape index (κ1) is 16.0. The van der Waals surface area contributed by atoms with Gasteiger partial charge in [0, 0.05) is 17.7 Å². The Morgan fingerprint density at radius 3 is 2.22 bits per heavy atom. The second-order valence-corrected chi connectivity index (χ2v) is 6.63. The summed E-state index contributed by atoms with van der Waals surface area (Å²) in [6, 6.07) is 2.18. The number of aliphatic hydroxyl groups excluding tert-OH is 1. The third-order valence-electron chi connectivity index (χ3n) is 2.15. The molecule has 1 aromatic carbocycles. The number of benzene rings is 1. The van der Waals surface area contributed by atoms with E-state index in [1.807, 2.05) is 0 Å². The van der Waals surface area contributed by atoms with Crippen molar-refractivity contribution in [2.75, 3.05) is 6.61 Å². The van der Waals surface area contributed by atoms with Crippen molar-refractivity contribution in [3.8, 4) is 0 Å². The fourth-order valence-corrected chi connectivity index (χ4v) is 4.19. The van der Waals surface area contributed by atoms with Gasteiger partial charge in [-0.05, 0) is 25.5 Å². The molecule has 0 aliphatic carbocycles. The van der Waals surface area contributed by atoms with E-state index in [2.05, 4.69) is 4.72 Å². The molecule has 0 saturated heterocycles. The van der Waals surface area contributed by atoms with Crippen LogP contribution in [-0.2, 0) is 10.0 Å². The molecule has 2 N–H and O–H groups in total. The van der Waals surface area contributed by atoms with Crippen LogP contribution in [0.3, 0.4) is 0 Å². The molecule has 1 unspecified atom stereocenters. The normalized spacial score (nSPS) is 13.6. The molecule has 0 aliphatic heterocycles. The van der Waals surface area contributed by atoms with Gasteiger partial charge < -0.3 is 5.11 Å². The lowest BCUT2D eigenvalue weighted by atomic mass is 10.3. The fraction of sp³-hybridized carbons (Fsp3) is 0.400. The summed E-state index contributed by atoms with van der Waals surface area (Å²) in [5.74, 6) is 0.